The molecule has 2 N–H and O–H groups in total. The Hall–Kier alpha value is -1.61. The lowest BCUT2D eigenvalue weighted by Gasteiger charge is -2.09. The van der Waals surface area contributed by atoms with Crippen LogP contribution in [0.2, 0.25) is 0 Å². The molecular formula is C7H7NO5. The Bertz CT molecular complexity index is 281. The second-order valence-corrected chi connectivity index (χ2v) is 2.67. The Kier molecular flexibility index (Phi) is 2.49. The van der Waals surface area contributed by atoms with Crippen LogP contribution in [0.1, 0.15) is 6.42 Å². The lowest BCUT2D eigenvalue weighted by Crippen LogP contribution is -2.27. The maximum Gasteiger partial charge on any atom is 0.323 e. The normalized spacial score (nSPS) is 32.3. The highest BCUT2D eigenvalue weighted by Crippen LogP contribution is 2.29. The third-order valence-electron chi connectivity index (χ3n) is 1.88. The van der Waals surface area contributed by atoms with E-state index in [0.717, 1.165) is 0 Å². The SMILES string of the molecule is N#CCC1C(O)OC(=O)C1C(=O)O. The Morgan fingerprint density at radius 3 is 2.77 bits per heavy atom. The number of nitrogens with zero attached hydrogens (tertiary/aromatic N) is 1. The summed E-state index contributed by atoms with van der Waals surface area (Å²) < 4.78 is 4.28. The van der Waals surface area contributed by atoms with Gasteiger partial charge in [-0.15, -0.1) is 0 Å². The number of aliphatic carboxylic acids is 1. The van der Waals surface area contributed by atoms with E-state index in [-0.39, 0.29) is 6.42 Å². The number of carboxylic acid groups (broad SMARTS) is 1. The number of hydrogen-bond acceptors (Lipinski definition) is 5. The van der Waals surface area contributed by atoms with Gasteiger partial charge in [-0.25, -0.2) is 0 Å². The molecule has 0 aromatic rings. The molecule has 0 bridgehead atoms. The van der Waals surface area contributed by atoms with Gasteiger partial charge in [-0.05, 0) is 0 Å². The van der Waals surface area contributed by atoms with Crippen LogP contribution in [0.25, 0.3) is 0 Å². The number of aliphatic hydroxyl groups is 1. The molecule has 6 heteroatoms. The predicted molar refractivity (Wildman–Crippen MR) is 36.9 cm³/mol. The molecule has 1 rings (SSSR count). The molecule has 0 aromatic carbocycles. The monoisotopic (exact) mass is 185 g/mol. The van der Waals surface area contributed by atoms with Gasteiger partial charge in [0.15, 0.2) is 5.92 Å². The van der Waals surface area contributed by atoms with Crippen LogP contribution in [-0.2, 0) is 14.3 Å². The van der Waals surface area contributed by atoms with E-state index in [0.29, 0.717) is 0 Å². The maximum absolute atomic E-state index is 10.8. The molecule has 1 heterocycles. The summed E-state index contributed by atoms with van der Waals surface area (Å²) in [5, 5.41) is 25.9. The number of nitriles is 1. The number of cyclic esters (lactones) is 1. The van der Waals surface area contributed by atoms with E-state index >= 15 is 0 Å². The van der Waals surface area contributed by atoms with Crippen molar-refractivity contribution in [1.29, 1.82) is 5.26 Å². The summed E-state index contributed by atoms with van der Waals surface area (Å²) in [6, 6.07) is 1.69. The summed E-state index contributed by atoms with van der Waals surface area (Å²) in [6.45, 7) is 0. The van der Waals surface area contributed by atoms with Gasteiger partial charge in [0.25, 0.3) is 0 Å². The third-order valence-corrected chi connectivity index (χ3v) is 1.88. The van der Waals surface area contributed by atoms with E-state index in [2.05, 4.69) is 4.74 Å². The number of rotatable bonds is 2. The van der Waals surface area contributed by atoms with Crippen LogP contribution in [0, 0.1) is 23.2 Å². The summed E-state index contributed by atoms with van der Waals surface area (Å²) in [6.07, 6.45) is -1.70. The molecular weight excluding hydrogens is 178 g/mol. The second kappa shape index (κ2) is 3.41. The first-order chi connectivity index (χ1) is 6.07. The van der Waals surface area contributed by atoms with Crippen LogP contribution in [0.5, 0.6) is 0 Å². The zero-order valence-corrected chi connectivity index (χ0v) is 6.51. The van der Waals surface area contributed by atoms with Crippen molar-refractivity contribution in [2.24, 2.45) is 11.8 Å². The van der Waals surface area contributed by atoms with Crippen LogP contribution < -0.4 is 0 Å². The molecule has 0 radical (unpaired) electrons. The zero-order valence-electron chi connectivity index (χ0n) is 6.51. The van der Waals surface area contributed by atoms with Gasteiger partial charge in [-0.1, -0.05) is 0 Å². The highest BCUT2D eigenvalue weighted by Gasteiger charge is 2.48. The van der Waals surface area contributed by atoms with E-state index in [1.807, 2.05) is 0 Å². The molecule has 3 unspecified atom stereocenters. The number of carbonyl (C=O) groups excluding carboxylic acids is 1. The van der Waals surface area contributed by atoms with E-state index < -0.39 is 30.1 Å². The topological polar surface area (TPSA) is 108 Å². The number of carbonyl (C=O) groups is 2. The van der Waals surface area contributed by atoms with Gasteiger partial charge in [0.1, 0.15) is 0 Å². The average Bonchev–Trinajstić information content (AvgIpc) is 2.27. The molecule has 0 amide bonds. The molecule has 0 saturated carbocycles. The third kappa shape index (κ3) is 1.60. The van der Waals surface area contributed by atoms with Gasteiger partial charge < -0.3 is 14.9 Å². The minimum Gasteiger partial charge on any atom is -0.481 e. The lowest BCUT2D eigenvalue weighted by molar-refractivity contribution is -0.159. The van der Waals surface area contributed by atoms with Crippen LogP contribution >= 0.6 is 0 Å². The molecule has 0 aliphatic carbocycles. The lowest BCUT2D eigenvalue weighted by atomic mass is 9.92. The quantitative estimate of drug-likeness (QED) is 0.426. The number of carboxylic acids is 1. The average molecular weight is 185 g/mol. The highest BCUT2D eigenvalue weighted by molar-refractivity contribution is 5.95. The Labute approximate surface area is 73.3 Å². The van der Waals surface area contributed by atoms with Crippen molar-refractivity contribution in [3.8, 4) is 6.07 Å². The van der Waals surface area contributed by atoms with Crippen molar-refractivity contribution in [1.82, 2.24) is 0 Å². The molecule has 1 aliphatic heterocycles. The summed E-state index contributed by atoms with van der Waals surface area (Å²) in [5.41, 5.74) is 0. The van der Waals surface area contributed by atoms with Crippen LogP contribution in [0.15, 0.2) is 0 Å². The largest absolute Gasteiger partial charge is 0.481 e. The fourth-order valence-electron chi connectivity index (χ4n) is 1.23. The van der Waals surface area contributed by atoms with Crippen LogP contribution in [0.3, 0.4) is 0 Å². The highest BCUT2D eigenvalue weighted by atomic mass is 16.6. The first-order valence-electron chi connectivity index (χ1n) is 3.56. The molecule has 1 fully saturated rings. The van der Waals surface area contributed by atoms with Crippen molar-refractivity contribution in [3.05, 3.63) is 0 Å². The fourth-order valence-corrected chi connectivity index (χ4v) is 1.23. The predicted octanol–water partition coefficient (Wildman–Crippen LogP) is -0.908. The minimum atomic E-state index is -1.48. The van der Waals surface area contributed by atoms with Crippen molar-refractivity contribution < 1.29 is 24.5 Å². The van der Waals surface area contributed by atoms with Crippen molar-refractivity contribution in [2.75, 3.05) is 0 Å². The van der Waals surface area contributed by atoms with Crippen molar-refractivity contribution >= 4 is 11.9 Å². The number of esters is 1. The van der Waals surface area contributed by atoms with Crippen molar-refractivity contribution in [3.63, 3.8) is 0 Å². The van der Waals surface area contributed by atoms with Gasteiger partial charge in [0.2, 0.25) is 6.29 Å². The Morgan fingerprint density at radius 1 is 1.69 bits per heavy atom. The first-order valence-corrected chi connectivity index (χ1v) is 3.56. The summed E-state index contributed by atoms with van der Waals surface area (Å²) in [4.78, 5) is 21.4. The van der Waals surface area contributed by atoms with Gasteiger partial charge >= 0.3 is 11.9 Å². The second-order valence-electron chi connectivity index (χ2n) is 2.67. The first kappa shape index (κ1) is 9.48. The zero-order chi connectivity index (χ0) is 10.0. The fraction of sp³-hybridized carbons (Fsp3) is 0.571. The summed E-state index contributed by atoms with van der Waals surface area (Å²) in [7, 11) is 0. The standard InChI is InChI=1S/C7H7NO5/c8-2-1-3-4(5(9)10)7(12)13-6(3)11/h3-4,6,11H,1H2,(H,9,10). The van der Waals surface area contributed by atoms with E-state index in [1.54, 1.807) is 6.07 Å². The Balaban J connectivity index is 2.84. The smallest absolute Gasteiger partial charge is 0.323 e. The van der Waals surface area contributed by atoms with Gasteiger partial charge in [-0.3, -0.25) is 9.59 Å². The summed E-state index contributed by atoms with van der Waals surface area (Å²) >= 11 is 0. The van der Waals surface area contributed by atoms with Gasteiger partial charge in [0.05, 0.1) is 12.0 Å². The number of aliphatic hydroxyl groups excluding tert-OH is 1. The molecule has 0 spiro atoms. The molecule has 1 saturated heterocycles. The maximum atomic E-state index is 10.8. The summed E-state index contributed by atoms with van der Waals surface area (Å²) in [5.74, 6) is -4.74. The van der Waals surface area contributed by atoms with Crippen LogP contribution in [0.4, 0.5) is 0 Å². The molecule has 1 aliphatic rings. The minimum absolute atomic E-state index is 0.218. The van der Waals surface area contributed by atoms with E-state index in [4.69, 9.17) is 15.5 Å². The van der Waals surface area contributed by atoms with Gasteiger partial charge in [0, 0.05) is 6.42 Å². The molecule has 3 atom stereocenters. The molecule has 0 aromatic heterocycles. The van der Waals surface area contributed by atoms with E-state index in [9.17, 15) is 9.59 Å². The Morgan fingerprint density at radius 2 is 2.31 bits per heavy atom. The molecule has 6 nitrogen and oxygen atoms in total. The molecule has 70 valence electrons. The van der Waals surface area contributed by atoms with Crippen molar-refractivity contribution in [2.45, 2.75) is 12.7 Å². The molecule has 13 heavy (non-hydrogen) atoms. The van der Waals surface area contributed by atoms with E-state index in [1.165, 1.54) is 0 Å². The van der Waals surface area contributed by atoms with Gasteiger partial charge in [-0.2, -0.15) is 5.26 Å². The number of ether oxygens (including phenoxy) is 1. The number of hydrogen-bond donors (Lipinski definition) is 2. The van der Waals surface area contributed by atoms with Crippen LogP contribution in [-0.4, -0.2) is 28.4 Å².